The normalized spacial score (nSPS) is 11.2. The molecule has 0 spiro atoms. The van der Waals surface area contributed by atoms with Gasteiger partial charge in [-0.2, -0.15) is 13.2 Å². The van der Waals surface area contributed by atoms with Gasteiger partial charge in [0.15, 0.2) is 0 Å². The first-order chi connectivity index (χ1) is 9.68. The number of imide groups is 1. The van der Waals surface area contributed by atoms with Crippen molar-refractivity contribution >= 4 is 23.6 Å². The molecule has 1 rings (SSSR count). The van der Waals surface area contributed by atoms with E-state index >= 15 is 0 Å². The molecule has 3 N–H and O–H groups in total. The number of carbonyl (C=O) groups excluding carboxylic acids is 2. The van der Waals surface area contributed by atoms with Crippen LogP contribution in [0.1, 0.15) is 5.56 Å². The Balaban J connectivity index is 2.59. The fourth-order valence-corrected chi connectivity index (χ4v) is 1.21. The van der Waals surface area contributed by atoms with E-state index in [0.29, 0.717) is 12.2 Å². The van der Waals surface area contributed by atoms with Crippen LogP contribution in [0.25, 0.3) is 0 Å². The minimum Gasteiger partial charge on any atom is -0.478 e. The molecule has 1 aromatic carbocycles. The van der Waals surface area contributed by atoms with Crippen LogP contribution in [-0.4, -0.2) is 23.0 Å². The van der Waals surface area contributed by atoms with Crippen LogP contribution in [0.3, 0.4) is 0 Å². The van der Waals surface area contributed by atoms with Crippen molar-refractivity contribution in [1.29, 1.82) is 0 Å². The van der Waals surface area contributed by atoms with Crippen molar-refractivity contribution < 1.29 is 32.7 Å². The third kappa shape index (κ3) is 5.76. The highest BCUT2D eigenvalue weighted by atomic mass is 19.4. The average Bonchev–Trinajstić information content (AvgIpc) is 2.35. The monoisotopic (exact) mass is 302 g/mol. The van der Waals surface area contributed by atoms with Crippen LogP contribution >= 0.6 is 0 Å². The molecule has 6 nitrogen and oxygen atoms in total. The molecule has 112 valence electrons. The Morgan fingerprint density at radius 3 is 2.10 bits per heavy atom. The van der Waals surface area contributed by atoms with Gasteiger partial charge in [-0.1, -0.05) is 0 Å². The Morgan fingerprint density at radius 1 is 1.05 bits per heavy atom. The van der Waals surface area contributed by atoms with Crippen molar-refractivity contribution in [3.05, 3.63) is 42.0 Å². The Labute approximate surface area is 116 Å². The summed E-state index contributed by atoms with van der Waals surface area (Å²) in [6, 6.07) is 2.55. The van der Waals surface area contributed by atoms with Gasteiger partial charge in [-0.15, -0.1) is 0 Å². The topological polar surface area (TPSA) is 95.5 Å². The van der Waals surface area contributed by atoms with Crippen LogP contribution in [0.4, 0.5) is 23.7 Å². The Morgan fingerprint density at radius 2 is 1.62 bits per heavy atom. The van der Waals surface area contributed by atoms with E-state index in [1.807, 2.05) is 0 Å². The number of carbonyl (C=O) groups is 3. The maximum Gasteiger partial charge on any atom is 0.416 e. The lowest BCUT2D eigenvalue weighted by atomic mass is 10.2. The van der Waals surface area contributed by atoms with Crippen LogP contribution in [0, 0.1) is 0 Å². The maximum absolute atomic E-state index is 12.3. The van der Waals surface area contributed by atoms with Crippen LogP contribution in [0.2, 0.25) is 0 Å². The first kappa shape index (κ1) is 16.2. The first-order valence-electron chi connectivity index (χ1n) is 5.38. The third-order valence-electron chi connectivity index (χ3n) is 2.08. The zero-order chi connectivity index (χ0) is 16.0. The molecule has 0 fully saturated rings. The standard InChI is InChI=1S/C12H9F3N2O4/c13-12(14,15)7-1-3-8(4-2-7)16-11(21)17-9(18)5-6-10(19)20/h1-6H,(H,19,20)(H2,16,17,18,21)/b6-5+. The number of amides is 3. The van der Waals surface area contributed by atoms with Crippen LogP contribution in [0.5, 0.6) is 0 Å². The lowest BCUT2D eigenvalue weighted by molar-refractivity contribution is -0.137. The number of urea groups is 1. The second kappa shape index (κ2) is 6.55. The zero-order valence-corrected chi connectivity index (χ0v) is 10.3. The number of carboxylic acid groups (broad SMARTS) is 1. The summed E-state index contributed by atoms with van der Waals surface area (Å²) in [5, 5.41) is 12.2. The Kier molecular flexibility index (Phi) is 5.06. The zero-order valence-electron chi connectivity index (χ0n) is 10.3. The van der Waals surface area contributed by atoms with Gasteiger partial charge >= 0.3 is 18.2 Å². The first-order valence-corrected chi connectivity index (χ1v) is 5.38. The molecule has 0 heterocycles. The lowest BCUT2D eigenvalue weighted by Gasteiger charge is -2.08. The molecule has 0 bridgehead atoms. The fourth-order valence-electron chi connectivity index (χ4n) is 1.21. The minimum absolute atomic E-state index is 0.0375. The number of hydrogen-bond acceptors (Lipinski definition) is 3. The quantitative estimate of drug-likeness (QED) is 0.744. The van der Waals surface area contributed by atoms with Crippen molar-refractivity contribution in [1.82, 2.24) is 5.32 Å². The van der Waals surface area contributed by atoms with Gasteiger partial charge in [0.1, 0.15) is 0 Å². The molecule has 1 aromatic rings. The summed E-state index contributed by atoms with van der Waals surface area (Å²) in [5.41, 5.74) is -0.843. The van der Waals surface area contributed by atoms with E-state index in [1.165, 1.54) is 0 Å². The molecule has 3 amide bonds. The van der Waals surface area contributed by atoms with Gasteiger partial charge in [0.2, 0.25) is 0 Å². The highest BCUT2D eigenvalue weighted by Gasteiger charge is 2.29. The molecule has 0 saturated carbocycles. The van der Waals surface area contributed by atoms with Gasteiger partial charge in [0, 0.05) is 17.8 Å². The van der Waals surface area contributed by atoms with Crippen molar-refractivity contribution in [2.24, 2.45) is 0 Å². The van der Waals surface area contributed by atoms with Gasteiger partial charge < -0.3 is 10.4 Å². The summed E-state index contributed by atoms with van der Waals surface area (Å²) < 4.78 is 36.9. The van der Waals surface area contributed by atoms with E-state index in [1.54, 1.807) is 5.32 Å². The number of aliphatic carboxylic acids is 1. The number of carboxylic acids is 1. The number of nitrogens with one attached hydrogen (secondary N) is 2. The number of halogens is 3. The summed E-state index contributed by atoms with van der Waals surface area (Å²) in [6.07, 6.45) is -3.34. The number of benzene rings is 1. The maximum atomic E-state index is 12.3. The fraction of sp³-hybridized carbons (Fsp3) is 0.0833. The second-order valence-electron chi connectivity index (χ2n) is 3.69. The second-order valence-corrected chi connectivity index (χ2v) is 3.69. The highest BCUT2D eigenvalue weighted by Crippen LogP contribution is 2.29. The summed E-state index contributed by atoms with van der Waals surface area (Å²) in [5.74, 6) is -2.35. The van der Waals surface area contributed by atoms with E-state index in [4.69, 9.17) is 5.11 Å². The SMILES string of the molecule is O=C(O)/C=C/C(=O)NC(=O)Nc1ccc(C(F)(F)F)cc1. The van der Waals surface area contributed by atoms with Gasteiger partial charge in [0.05, 0.1) is 5.56 Å². The summed E-state index contributed by atoms with van der Waals surface area (Å²) in [7, 11) is 0. The van der Waals surface area contributed by atoms with E-state index in [2.05, 4.69) is 5.32 Å². The lowest BCUT2D eigenvalue weighted by Crippen LogP contribution is -2.33. The molecule has 0 aromatic heterocycles. The van der Waals surface area contributed by atoms with Gasteiger partial charge in [-0.3, -0.25) is 10.1 Å². The molecule has 0 saturated heterocycles. The highest BCUT2D eigenvalue weighted by molar-refractivity contribution is 6.06. The molecule has 9 heteroatoms. The summed E-state index contributed by atoms with van der Waals surface area (Å²) in [4.78, 5) is 32.5. The molecule has 0 radical (unpaired) electrons. The van der Waals surface area contributed by atoms with Gasteiger partial charge in [-0.05, 0) is 24.3 Å². The summed E-state index contributed by atoms with van der Waals surface area (Å²) >= 11 is 0. The molecule has 0 aliphatic heterocycles. The Hall–Kier alpha value is -2.84. The number of alkyl halides is 3. The predicted molar refractivity (Wildman–Crippen MR) is 65.4 cm³/mol. The van der Waals surface area contributed by atoms with Gasteiger partial charge in [0.25, 0.3) is 5.91 Å². The molecule has 0 aliphatic carbocycles. The number of hydrogen-bond donors (Lipinski definition) is 3. The Bertz CT molecular complexity index is 579. The van der Waals surface area contributed by atoms with E-state index < -0.39 is 29.6 Å². The smallest absolute Gasteiger partial charge is 0.416 e. The van der Waals surface area contributed by atoms with E-state index in [0.717, 1.165) is 24.3 Å². The molecule has 21 heavy (non-hydrogen) atoms. The predicted octanol–water partition coefficient (Wildman–Crippen LogP) is 1.99. The van der Waals surface area contributed by atoms with Gasteiger partial charge in [-0.25, -0.2) is 9.59 Å². The molecular formula is C12H9F3N2O4. The van der Waals surface area contributed by atoms with Crippen molar-refractivity contribution in [2.75, 3.05) is 5.32 Å². The number of anilines is 1. The largest absolute Gasteiger partial charge is 0.478 e. The third-order valence-corrected chi connectivity index (χ3v) is 2.08. The van der Waals surface area contributed by atoms with Crippen molar-refractivity contribution in [2.45, 2.75) is 6.18 Å². The molecule has 0 atom stereocenters. The number of rotatable bonds is 3. The van der Waals surface area contributed by atoms with E-state index in [9.17, 15) is 27.6 Å². The van der Waals surface area contributed by atoms with Crippen LogP contribution < -0.4 is 10.6 Å². The molecule has 0 aliphatic rings. The van der Waals surface area contributed by atoms with Crippen LogP contribution in [-0.2, 0) is 15.8 Å². The average molecular weight is 302 g/mol. The summed E-state index contributed by atoms with van der Waals surface area (Å²) in [6.45, 7) is 0. The molecule has 0 unspecified atom stereocenters. The van der Waals surface area contributed by atoms with Crippen molar-refractivity contribution in [3.8, 4) is 0 Å². The molecular weight excluding hydrogens is 293 g/mol. The van der Waals surface area contributed by atoms with Crippen LogP contribution in [0.15, 0.2) is 36.4 Å². The van der Waals surface area contributed by atoms with Crippen molar-refractivity contribution in [3.63, 3.8) is 0 Å². The minimum atomic E-state index is -4.49. The van der Waals surface area contributed by atoms with E-state index in [-0.39, 0.29) is 5.69 Å².